The Labute approximate surface area is 107 Å². The molecule has 0 aliphatic carbocycles. The van der Waals surface area contributed by atoms with E-state index in [1.807, 2.05) is 24.4 Å². The molecule has 1 saturated heterocycles. The zero-order valence-corrected chi connectivity index (χ0v) is 10.3. The van der Waals surface area contributed by atoms with E-state index in [4.69, 9.17) is 0 Å². The molecular formula is C15H17N3. The number of hydrogen-bond acceptors (Lipinski definition) is 3. The van der Waals surface area contributed by atoms with Crippen molar-refractivity contribution in [1.82, 2.24) is 4.98 Å². The highest BCUT2D eigenvalue weighted by atomic mass is 15.2. The van der Waals surface area contributed by atoms with Crippen molar-refractivity contribution in [2.24, 2.45) is 0 Å². The molecule has 92 valence electrons. The maximum atomic E-state index is 4.40. The van der Waals surface area contributed by atoms with Crippen LogP contribution in [0.2, 0.25) is 0 Å². The van der Waals surface area contributed by atoms with Crippen LogP contribution in [-0.4, -0.2) is 24.1 Å². The maximum absolute atomic E-state index is 4.40. The summed E-state index contributed by atoms with van der Waals surface area (Å²) in [6, 6.07) is 17.0. The first kappa shape index (κ1) is 11.1. The van der Waals surface area contributed by atoms with Crippen molar-refractivity contribution in [2.45, 2.75) is 12.5 Å². The lowest BCUT2D eigenvalue weighted by atomic mass is 10.2. The monoisotopic (exact) mass is 239 g/mol. The van der Waals surface area contributed by atoms with Crippen LogP contribution in [0, 0.1) is 0 Å². The minimum Gasteiger partial charge on any atom is -0.380 e. The molecule has 1 aliphatic heterocycles. The quantitative estimate of drug-likeness (QED) is 0.892. The zero-order valence-electron chi connectivity index (χ0n) is 10.3. The van der Waals surface area contributed by atoms with Crippen LogP contribution in [0.25, 0.3) is 0 Å². The van der Waals surface area contributed by atoms with E-state index in [1.165, 1.54) is 5.69 Å². The van der Waals surface area contributed by atoms with E-state index in [1.54, 1.807) is 0 Å². The van der Waals surface area contributed by atoms with Crippen molar-refractivity contribution in [3.8, 4) is 0 Å². The Morgan fingerprint density at radius 1 is 1.06 bits per heavy atom. The lowest BCUT2D eigenvalue weighted by Gasteiger charge is -2.18. The first-order valence-corrected chi connectivity index (χ1v) is 6.39. The molecule has 0 saturated carbocycles. The lowest BCUT2D eigenvalue weighted by molar-refractivity contribution is 0.806. The summed E-state index contributed by atoms with van der Waals surface area (Å²) >= 11 is 0. The highest BCUT2D eigenvalue weighted by Crippen LogP contribution is 2.20. The number of hydrogen-bond donors (Lipinski definition) is 1. The van der Waals surface area contributed by atoms with Gasteiger partial charge in [-0.05, 0) is 30.7 Å². The maximum Gasteiger partial charge on any atom is 0.128 e. The average Bonchev–Trinajstić information content (AvgIpc) is 2.89. The van der Waals surface area contributed by atoms with Gasteiger partial charge in [-0.2, -0.15) is 0 Å². The van der Waals surface area contributed by atoms with E-state index >= 15 is 0 Å². The molecular weight excluding hydrogens is 222 g/mol. The molecule has 2 heterocycles. The molecule has 0 bridgehead atoms. The molecule has 18 heavy (non-hydrogen) atoms. The van der Waals surface area contributed by atoms with Gasteiger partial charge in [-0.25, -0.2) is 4.98 Å². The average molecular weight is 239 g/mol. The summed E-state index contributed by atoms with van der Waals surface area (Å²) in [5, 5.41) is 3.57. The van der Waals surface area contributed by atoms with E-state index in [0.717, 1.165) is 25.3 Å². The molecule has 1 N–H and O–H groups in total. The molecule has 0 spiro atoms. The van der Waals surface area contributed by atoms with Crippen molar-refractivity contribution >= 4 is 11.5 Å². The van der Waals surface area contributed by atoms with Gasteiger partial charge in [-0.15, -0.1) is 0 Å². The molecule has 0 radical (unpaired) electrons. The fourth-order valence-electron chi connectivity index (χ4n) is 2.40. The molecule has 3 rings (SSSR count). The van der Waals surface area contributed by atoms with Crippen LogP contribution in [0.15, 0.2) is 54.7 Å². The Balaban J connectivity index is 1.62. The molecule has 2 aromatic rings. The zero-order chi connectivity index (χ0) is 12.2. The number of nitrogens with one attached hydrogen (secondary N) is 1. The number of benzene rings is 1. The van der Waals surface area contributed by atoms with Crippen LogP contribution in [0.4, 0.5) is 11.5 Å². The Hall–Kier alpha value is -2.03. The topological polar surface area (TPSA) is 28.2 Å². The van der Waals surface area contributed by atoms with Gasteiger partial charge in [0.05, 0.1) is 0 Å². The van der Waals surface area contributed by atoms with Gasteiger partial charge in [0.15, 0.2) is 0 Å². The van der Waals surface area contributed by atoms with Crippen LogP contribution in [0.3, 0.4) is 0 Å². The standard InChI is InChI=1S/C15H17N3/c1-2-6-13(7-3-1)17-14-9-11-18(12-14)15-8-4-5-10-16-15/h1-8,10,14,17H,9,11-12H2. The first-order chi connectivity index (χ1) is 8.92. The minimum atomic E-state index is 0.509. The van der Waals surface area contributed by atoms with Crippen LogP contribution in [-0.2, 0) is 0 Å². The van der Waals surface area contributed by atoms with Crippen molar-refractivity contribution in [3.05, 3.63) is 54.7 Å². The van der Waals surface area contributed by atoms with Crippen LogP contribution >= 0.6 is 0 Å². The fraction of sp³-hybridized carbons (Fsp3) is 0.267. The van der Waals surface area contributed by atoms with Crippen molar-refractivity contribution in [3.63, 3.8) is 0 Å². The fourth-order valence-corrected chi connectivity index (χ4v) is 2.40. The molecule has 1 aromatic carbocycles. The van der Waals surface area contributed by atoms with Gasteiger partial charge >= 0.3 is 0 Å². The van der Waals surface area contributed by atoms with E-state index in [-0.39, 0.29) is 0 Å². The minimum absolute atomic E-state index is 0.509. The van der Waals surface area contributed by atoms with E-state index in [9.17, 15) is 0 Å². The van der Waals surface area contributed by atoms with Gasteiger partial charge in [-0.3, -0.25) is 0 Å². The van der Waals surface area contributed by atoms with Gasteiger partial charge < -0.3 is 10.2 Å². The van der Waals surface area contributed by atoms with Gasteiger partial charge in [0.2, 0.25) is 0 Å². The van der Waals surface area contributed by atoms with Gasteiger partial charge in [0.25, 0.3) is 0 Å². The Kier molecular flexibility index (Phi) is 3.13. The number of nitrogens with zero attached hydrogens (tertiary/aromatic N) is 2. The Bertz CT molecular complexity index is 484. The predicted molar refractivity (Wildman–Crippen MR) is 74.9 cm³/mol. The van der Waals surface area contributed by atoms with Gasteiger partial charge in [0, 0.05) is 31.0 Å². The molecule has 3 heteroatoms. The molecule has 1 aromatic heterocycles. The second-order valence-corrected chi connectivity index (χ2v) is 4.63. The van der Waals surface area contributed by atoms with Crippen LogP contribution in [0.5, 0.6) is 0 Å². The summed E-state index contributed by atoms with van der Waals surface area (Å²) in [6.07, 6.45) is 3.01. The predicted octanol–water partition coefficient (Wildman–Crippen LogP) is 2.77. The molecule has 1 atom stereocenters. The number of aromatic nitrogens is 1. The third-order valence-electron chi connectivity index (χ3n) is 3.31. The third kappa shape index (κ3) is 2.45. The highest BCUT2D eigenvalue weighted by Gasteiger charge is 2.22. The molecule has 1 aliphatic rings. The second-order valence-electron chi connectivity index (χ2n) is 4.63. The Morgan fingerprint density at radius 2 is 1.89 bits per heavy atom. The van der Waals surface area contributed by atoms with Crippen molar-refractivity contribution in [2.75, 3.05) is 23.3 Å². The molecule has 3 nitrogen and oxygen atoms in total. The summed E-state index contributed by atoms with van der Waals surface area (Å²) in [5.74, 6) is 1.08. The number of pyridine rings is 1. The van der Waals surface area contributed by atoms with Crippen molar-refractivity contribution in [1.29, 1.82) is 0 Å². The largest absolute Gasteiger partial charge is 0.380 e. The molecule has 1 unspecified atom stereocenters. The first-order valence-electron chi connectivity index (χ1n) is 6.39. The van der Waals surface area contributed by atoms with Crippen molar-refractivity contribution < 1.29 is 0 Å². The van der Waals surface area contributed by atoms with E-state index in [0.29, 0.717) is 6.04 Å². The summed E-state index contributed by atoms with van der Waals surface area (Å²) in [7, 11) is 0. The smallest absolute Gasteiger partial charge is 0.128 e. The van der Waals surface area contributed by atoms with Crippen LogP contribution < -0.4 is 10.2 Å². The van der Waals surface area contributed by atoms with Gasteiger partial charge in [0.1, 0.15) is 5.82 Å². The second kappa shape index (κ2) is 5.08. The normalized spacial score (nSPS) is 18.9. The van der Waals surface area contributed by atoms with E-state index in [2.05, 4.69) is 45.5 Å². The number of para-hydroxylation sites is 1. The van der Waals surface area contributed by atoms with Crippen LogP contribution in [0.1, 0.15) is 6.42 Å². The van der Waals surface area contributed by atoms with Gasteiger partial charge in [-0.1, -0.05) is 24.3 Å². The highest BCUT2D eigenvalue weighted by molar-refractivity contribution is 5.46. The summed E-state index contributed by atoms with van der Waals surface area (Å²) in [4.78, 5) is 6.73. The third-order valence-corrected chi connectivity index (χ3v) is 3.31. The number of anilines is 2. The summed E-state index contributed by atoms with van der Waals surface area (Å²) in [5.41, 5.74) is 1.20. The molecule has 1 fully saturated rings. The summed E-state index contributed by atoms with van der Waals surface area (Å²) < 4.78 is 0. The Morgan fingerprint density at radius 3 is 2.67 bits per heavy atom. The number of rotatable bonds is 3. The SMILES string of the molecule is c1ccc(NC2CCN(c3ccccn3)C2)cc1. The molecule has 0 amide bonds. The van der Waals surface area contributed by atoms with E-state index < -0.39 is 0 Å². The lowest BCUT2D eigenvalue weighted by Crippen LogP contribution is -2.26. The summed E-state index contributed by atoms with van der Waals surface area (Å²) in [6.45, 7) is 2.09.